The lowest BCUT2D eigenvalue weighted by Gasteiger charge is -2.47. The Morgan fingerprint density at radius 1 is 0.306 bits per heavy atom. The number of hydrogen-bond acceptors (Lipinski definition) is 0. The molecule has 0 fully saturated rings. The summed E-state index contributed by atoms with van der Waals surface area (Å²) in [5, 5.41) is 0. The highest BCUT2D eigenvalue weighted by Gasteiger charge is 3.00. The summed E-state index contributed by atoms with van der Waals surface area (Å²) >= 11 is 0. The predicted molar refractivity (Wildman–Crippen MR) is 65.8 cm³/mol. The van der Waals surface area contributed by atoms with Crippen LogP contribution < -0.4 is 0 Å². The largest absolute Gasteiger partial charge is 0.460 e. The third kappa shape index (κ3) is 3.82. The van der Waals surface area contributed by atoms with Crippen LogP contribution in [0.2, 0.25) is 0 Å². The summed E-state index contributed by atoms with van der Waals surface area (Å²) in [5.74, 6) is -70.3. The van der Waals surface area contributed by atoms with E-state index in [1.165, 1.54) is 0 Å². The van der Waals surface area contributed by atoms with Crippen LogP contribution in [0.1, 0.15) is 13.3 Å². The predicted octanol–water partition coefficient (Wildman–Crippen LogP) is 8.31. The second kappa shape index (κ2) is 8.19. The maximum atomic E-state index is 14.0. The van der Waals surface area contributed by atoms with Crippen molar-refractivity contribution < 1.29 is 101 Å². The van der Waals surface area contributed by atoms with Crippen LogP contribution in [0.3, 0.4) is 0 Å². The van der Waals surface area contributed by atoms with Crippen LogP contribution in [0.15, 0.2) is 0 Å². The van der Waals surface area contributed by atoms with Gasteiger partial charge in [-0.3, -0.25) is 0 Å². The van der Waals surface area contributed by atoms with Gasteiger partial charge in [0, 0.05) is 6.42 Å². The Morgan fingerprint density at radius 2 is 0.556 bits per heavy atom. The van der Waals surface area contributed by atoms with Crippen molar-refractivity contribution in [2.24, 2.45) is 0 Å². The lowest BCUT2D eigenvalue weighted by molar-refractivity contribution is -0.481. The molecule has 0 aliphatic carbocycles. The molecule has 0 aliphatic heterocycles. The number of hydrogen-bond donors (Lipinski definition) is 0. The summed E-state index contributed by atoms with van der Waals surface area (Å²) < 4.78 is 301. The van der Waals surface area contributed by atoms with Crippen LogP contribution >= 0.6 is 0 Å². The minimum atomic E-state index is -9.47. The van der Waals surface area contributed by atoms with Crippen molar-refractivity contribution in [2.75, 3.05) is 0 Å². The molecule has 0 saturated heterocycles. The first-order valence-corrected chi connectivity index (χ1v) is 7.91. The van der Waals surface area contributed by atoms with Crippen LogP contribution in [0.4, 0.5) is 101 Å². The van der Waals surface area contributed by atoms with Gasteiger partial charge >= 0.3 is 65.4 Å². The Hall–Kier alpha value is -1.61. The number of rotatable bonds is 9. The maximum absolute atomic E-state index is 14.0. The molecule has 0 radical (unpaired) electrons. The van der Waals surface area contributed by atoms with E-state index in [0.717, 1.165) is 0 Å². The second-order valence-electron chi connectivity index (χ2n) is 6.73. The molecule has 1 unspecified atom stereocenters. The quantitative estimate of drug-likeness (QED) is 0.235. The summed E-state index contributed by atoms with van der Waals surface area (Å²) in [5.41, 5.74) is -9.07. The highest BCUT2D eigenvalue weighted by Crippen LogP contribution is 2.68. The molecule has 0 N–H and O–H groups in total. The van der Waals surface area contributed by atoms with Gasteiger partial charge in [0.25, 0.3) is 0 Å². The Balaban J connectivity index is 7.53. The van der Waals surface area contributed by atoms with E-state index >= 15 is 0 Å². The molecule has 0 aromatic carbocycles. The second-order valence-corrected chi connectivity index (χ2v) is 6.73. The molecular weight excluding hydrogens is 593 g/mol. The van der Waals surface area contributed by atoms with Crippen molar-refractivity contribution in [2.45, 2.75) is 78.7 Å². The zero-order chi connectivity index (χ0) is 30.2. The lowest BCUT2D eigenvalue weighted by Crippen LogP contribution is -2.80. The summed E-state index contributed by atoms with van der Waals surface area (Å²) in [6.45, 7) is -0.372. The molecule has 0 nitrogen and oxygen atoms in total. The Bertz CT molecular complexity index is 796. The average Bonchev–Trinajstić information content (AvgIpc) is 2.63. The summed E-state index contributed by atoms with van der Waals surface area (Å²) in [6.07, 6.45) is -19.6. The molecular formula is C13H5F23. The van der Waals surface area contributed by atoms with E-state index < -0.39 is 71.8 Å². The zero-order valence-electron chi connectivity index (χ0n) is 15.9. The van der Waals surface area contributed by atoms with E-state index in [2.05, 4.69) is 0 Å². The molecule has 23 heteroatoms. The first-order chi connectivity index (χ1) is 15.1. The first-order valence-electron chi connectivity index (χ1n) is 7.91. The van der Waals surface area contributed by atoms with Crippen LogP contribution in [0.5, 0.6) is 0 Å². The Morgan fingerprint density at radius 3 is 0.778 bits per heavy atom. The van der Waals surface area contributed by atoms with Gasteiger partial charge in [0.2, 0.25) is 0 Å². The van der Waals surface area contributed by atoms with E-state index in [4.69, 9.17) is 0 Å². The van der Waals surface area contributed by atoms with Crippen molar-refractivity contribution in [3.05, 3.63) is 0 Å². The standard InChI is InChI=1S/C13H5F23/c1-2-3(14,15)5(17,18)4(16,12(31,32)33)6(19,20)7(21,22)8(23,24)9(25,26)10(27,28)11(29,30)13(34,35)36/h2H2,1H3. The minimum absolute atomic E-state index is 0.372. The molecule has 0 bridgehead atoms. The molecule has 0 saturated carbocycles. The molecule has 0 aromatic rings. The van der Waals surface area contributed by atoms with Gasteiger partial charge < -0.3 is 0 Å². The molecule has 0 spiro atoms. The van der Waals surface area contributed by atoms with Crippen molar-refractivity contribution in [1.29, 1.82) is 0 Å². The van der Waals surface area contributed by atoms with E-state index in [-0.39, 0.29) is 6.92 Å². The minimum Gasteiger partial charge on any atom is -0.219 e. The average molecular weight is 598 g/mol. The Labute approximate surface area is 181 Å². The van der Waals surface area contributed by atoms with Gasteiger partial charge in [-0.1, -0.05) is 6.92 Å². The van der Waals surface area contributed by atoms with Crippen LogP contribution in [-0.2, 0) is 0 Å². The monoisotopic (exact) mass is 598 g/mol. The van der Waals surface area contributed by atoms with Gasteiger partial charge in [-0.2, -0.15) is 96.6 Å². The Kier molecular flexibility index (Phi) is 7.83. The highest BCUT2D eigenvalue weighted by atomic mass is 19.4. The fourth-order valence-electron chi connectivity index (χ4n) is 2.21. The third-order valence-corrected chi connectivity index (χ3v) is 4.49. The van der Waals surface area contributed by atoms with Gasteiger partial charge in [-0.25, -0.2) is 4.39 Å². The van der Waals surface area contributed by atoms with Gasteiger partial charge in [0.1, 0.15) is 0 Å². The maximum Gasteiger partial charge on any atom is 0.460 e. The van der Waals surface area contributed by atoms with Crippen molar-refractivity contribution >= 4 is 0 Å². The first kappa shape index (κ1) is 34.4. The summed E-state index contributed by atoms with van der Waals surface area (Å²) in [6, 6.07) is 0. The topological polar surface area (TPSA) is 0 Å². The number of halogens is 23. The molecule has 0 aliphatic rings. The highest BCUT2D eigenvalue weighted by molar-refractivity contribution is 5.22. The molecule has 0 aromatic heterocycles. The van der Waals surface area contributed by atoms with Gasteiger partial charge in [0.15, 0.2) is 0 Å². The van der Waals surface area contributed by atoms with E-state index in [9.17, 15) is 101 Å². The molecule has 0 heterocycles. The lowest BCUT2D eigenvalue weighted by atomic mass is 9.78. The summed E-state index contributed by atoms with van der Waals surface area (Å²) in [4.78, 5) is 0. The fraction of sp³-hybridized carbons (Fsp3) is 1.00. The fourth-order valence-corrected chi connectivity index (χ4v) is 2.21. The van der Waals surface area contributed by atoms with Crippen molar-refractivity contribution in [1.82, 2.24) is 0 Å². The van der Waals surface area contributed by atoms with E-state index in [0.29, 0.717) is 0 Å². The molecule has 218 valence electrons. The molecule has 0 amide bonds. The zero-order valence-corrected chi connectivity index (χ0v) is 15.9. The molecule has 1 atom stereocenters. The van der Waals surface area contributed by atoms with Gasteiger partial charge in [0.05, 0.1) is 0 Å². The van der Waals surface area contributed by atoms with Crippen LogP contribution in [0.25, 0.3) is 0 Å². The van der Waals surface area contributed by atoms with Gasteiger partial charge in [-0.15, -0.1) is 0 Å². The normalized spacial score (nSPS) is 18.3. The van der Waals surface area contributed by atoms with Crippen molar-refractivity contribution in [3.63, 3.8) is 0 Å². The smallest absolute Gasteiger partial charge is 0.219 e. The van der Waals surface area contributed by atoms with Crippen LogP contribution in [-0.4, -0.2) is 65.4 Å². The molecule has 0 rings (SSSR count). The number of alkyl halides is 23. The third-order valence-electron chi connectivity index (χ3n) is 4.49. The van der Waals surface area contributed by atoms with Crippen LogP contribution in [0, 0.1) is 0 Å². The SMILES string of the molecule is CCC(F)(F)C(F)(F)C(F)(C(F)(F)F)C(F)(F)C(F)(F)C(F)(F)C(F)(F)C(F)(F)C(F)(F)C(F)(F)F. The van der Waals surface area contributed by atoms with E-state index in [1.807, 2.05) is 0 Å². The van der Waals surface area contributed by atoms with Crippen molar-refractivity contribution in [3.8, 4) is 0 Å². The van der Waals surface area contributed by atoms with Gasteiger partial charge in [-0.05, 0) is 0 Å². The summed E-state index contributed by atoms with van der Waals surface area (Å²) in [7, 11) is 0. The van der Waals surface area contributed by atoms with E-state index in [1.54, 1.807) is 0 Å². The molecule has 36 heavy (non-hydrogen) atoms.